The number of amides is 1. The highest BCUT2D eigenvalue weighted by Gasteiger charge is 2.40. The number of likely N-dealkylation sites (N-methyl/N-ethyl adjacent to an activating group) is 1. The lowest BCUT2D eigenvalue weighted by Crippen LogP contribution is -2.48. The molecule has 0 aliphatic carbocycles. The van der Waals surface area contributed by atoms with Crippen LogP contribution in [0.1, 0.15) is 88.4 Å². The molecule has 1 heterocycles. The molecule has 0 aromatic heterocycles. The summed E-state index contributed by atoms with van der Waals surface area (Å²) in [5, 5.41) is 13.4. The molecule has 1 aliphatic rings. The third kappa shape index (κ3) is 17.1. The zero-order valence-corrected chi connectivity index (χ0v) is 35.5. The normalized spacial score (nSPS) is 19.1. The molecule has 0 radical (unpaired) electrons. The molecule has 4 rings (SSSR count). The van der Waals surface area contributed by atoms with Gasteiger partial charge in [-0.15, -0.1) is 0 Å². The monoisotopic (exact) mass is 808 g/mol. The van der Waals surface area contributed by atoms with Gasteiger partial charge in [0.2, 0.25) is 0 Å². The number of carbonyl (C=O) groups is 4. The van der Waals surface area contributed by atoms with E-state index in [2.05, 4.69) is 26.1 Å². The number of rotatable bonds is 20. The Morgan fingerprint density at radius 2 is 1.43 bits per heavy atom. The Labute approximate surface area is 343 Å². The highest BCUT2D eigenvalue weighted by Crippen LogP contribution is 2.36. The van der Waals surface area contributed by atoms with Crippen LogP contribution in [0.5, 0.6) is 0 Å². The van der Waals surface area contributed by atoms with Crippen molar-refractivity contribution in [2.24, 2.45) is 17.8 Å². The summed E-state index contributed by atoms with van der Waals surface area (Å²) in [6.07, 6.45) is 1.90. The lowest BCUT2D eigenvalue weighted by molar-refractivity contribution is -0.254. The summed E-state index contributed by atoms with van der Waals surface area (Å²) in [6.45, 7) is 16.8. The van der Waals surface area contributed by atoms with Gasteiger partial charge in [0.15, 0.2) is 12.1 Å². The Hall–Kier alpha value is -4.56. The number of alkyl carbamates (subject to hydrolysis) is 1. The highest BCUT2D eigenvalue weighted by atomic mass is 16.7. The predicted octanol–water partition coefficient (Wildman–Crippen LogP) is 7.78. The van der Waals surface area contributed by atoms with Crippen molar-refractivity contribution in [3.63, 3.8) is 0 Å². The Balaban J connectivity index is 0.000000393. The van der Waals surface area contributed by atoms with E-state index in [0.29, 0.717) is 56.6 Å². The lowest BCUT2D eigenvalue weighted by atomic mass is 9.79. The zero-order valence-electron chi connectivity index (χ0n) is 35.5. The standard InChI is InChI=1S/C30H49NO8.C15H15NO3/c1-22-23(2)26(21-37-27(32)25-13-9-7-10-14-25)38-28(24(22)3)36-17-12-8-11-16-34-19-20-35-18-15-31-29(33)39-30(4,5)6;1-10(17)11-3-4-13-8-14(6-5-12(13)7-11)16(2)9-15(18)19/h7,9-10,13-14,22-24,26,28H,8,11-12,15-21H2,1-6H3,(H,31,33);3-8H,9H2,1-2H3,(H,18,19). The second-order valence-electron chi connectivity index (χ2n) is 15.7. The van der Waals surface area contributed by atoms with Crippen molar-refractivity contribution in [1.29, 1.82) is 0 Å². The largest absolute Gasteiger partial charge is 0.480 e. The van der Waals surface area contributed by atoms with Crippen molar-refractivity contribution < 1.29 is 52.7 Å². The van der Waals surface area contributed by atoms with Crippen LogP contribution in [0.3, 0.4) is 0 Å². The van der Waals surface area contributed by atoms with E-state index in [1.54, 1.807) is 30.1 Å². The van der Waals surface area contributed by atoms with E-state index in [-0.39, 0.29) is 49.1 Å². The first-order valence-electron chi connectivity index (χ1n) is 20.1. The highest BCUT2D eigenvalue weighted by molar-refractivity contribution is 5.99. The summed E-state index contributed by atoms with van der Waals surface area (Å²) >= 11 is 0. The quantitative estimate of drug-likeness (QED) is 0.0650. The van der Waals surface area contributed by atoms with E-state index >= 15 is 0 Å². The number of nitrogens with zero attached hydrogens (tertiary/aromatic N) is 1. The van der Waals surface area contributed by atoms with Crippen molar-refractivity contribution in [3.05, 3.63) is 77.9 Å². The predicted molar refractivity (Wildman–Crippen MR) is 223 cm³/mol. The third-order valence-corrected chi connectivity index (χ3v) is 9.92. The molecule has 5 atom stereocenters. The first-order chi connectivity index (χ1) is 27.6. The van der Waals surface area contributed by atoms with Crippen LogP contribution in [0.4, 0.5) is 10.5 Å². The maximum atomic E-state index is 12.3. The minimum absolute atomic E-state index is 0.0361. The number of fused-ring (bicyclic) bond motifs is 1. The average molecular weight is 809 g/mol. The van der Waals surface area contributed by atoms with Gasteiger partial charge in [-0.3, -0.25) is 9.59 Å². The van der Waals surface area contributed by atoms with Gasteiger partial charge in [-0.25, -0.2) is 9.59 Å². The van der Waals surface area contributed by atoms with Crippen LogP contribution in [0.15, 0.2) is 66.7 Å². The van der Waals surface area contributed by atoms with E-state index < -0.39 is 17.7 Å². The number of ketones is 1. The Morgan fingerprint density at radius 3 is 2.10 bits per heavy atom. The number of ether oxygens (including phenoxy) is 6. The fourth-order valence-corrected chi connectivity index (χ4v) is 6.21. The van der Waals surface area contributed by atoms with Gasteiger partial charge >= 0.3 is 18.0 Å². The molecule has 2 N–H and O–H groups in total. The molecule has 1 aliphatic heterocycles. The molecule has 13 nitrogen and oxygen atoms in total. The van der Waals surface area contributed by atoms with E-state index in [1.165, 1.54) is 6.92 Å². The third-order valence-electron chi connectivity index (χ3n) is 9.92. The Kier molecular flexibility index (Phi) is 20.1. The Bertz CT molecular complexity index is 1730. The second-order valence-corrected chi connectivity index (χ2v) is 15.7. The van der Waals surface area contributed by atoms with Gasteiger partial charge in [0.1, 0.15) is 18.8 Å². The number of carboxylic acid groups (broad SMARTS) is 1. The number of anilines is 1. The van der Waals surface area contributed by atoms with Crippen LogP contribution in [0.2, 0.25) is 0 Å². The summed E-state index contributed by atoms with van der Waals surface area (Å²) in [5.41, 5.74) is 1.55. The first kappa shape index (κ1) is 47.8. The minimum atomic E-state index is -0.866. The number of carboxylic acids is 1. The van der Waals surface area contributed by atoms with Crippen molar-refractivity contribution in [2.45, 2.75) is 85.7 Å². The number of hydrogen-bond donors (Lipinski definition) is 2. The van der Waals surface area contributed by atoms with Gasteiger partial charge in [-0.1, -0.05) is 57.2 Å². The molecule has 0 spiro atoms. The maximum absolute atomic E-state index is 12.3. The fourth-order valence-electron chi connectivity index (χ4n) is 6.21. The second kappa shape index (κ2) is 24.4. The minimum Gasteiger partial charge on any atom is -0.480 e. The smallest absolute Gasteiger partial charge is 0.407 e. The van der Waals surface area contributed by atoms with Gasteiger partial charge in [0.05, 0.1) is 31.5 Å². The van der Waals surface area contributed by atoms with Gasteiger partial charge < -0.3 is 43.7 Å². The molecule has 3 aromatic rings. The van der Waals surface area contributed by atoms with Crippen molar-refractivity contribution in [3.8, 4) is 0 Å². The molecule has 58 heavy (non-hydrogen) atoms. The molecule has 1 fully saturated rings. The van der Waals surface area contributed by atoms with Crippen LogP contribution < -0.4 is 10.2 Å². The Morgan fingerprint density at radius 1 is 0.776 bits per heavy atom. The summed E-state index contributed by atoms with van der Waals surface area (Å²) < 4.78 is 34.1. The van der Waals surface area contributed by atoms with Crippen molar-refractivity contribution >= 4 is 40.3 Å². The SMILES string of the molecule is CC(=O)c1ccc2cc(N(C)CC(=O)O)ccc2c1.CC1C(COC(=O)c2ccccc2)OC(OCCCCCOCCOCCNC(=O)OC(C)(C)C)C(C)C1C. The first-order valence-corrected chi connectivity index (χ1v) is 20.1. The molecule has 320 valence electrons. The molecular formula is C45H64N2O11. The van der Waals surface area contributed by atoms with Crippen LogP contribution >= 0.6 is 0 Å². The number of unbranched alkanes of at least 4 members (excludes halogenated alkanes) is 2. The van der Waals surface area contributed by atoms with Gasteiger partial charge in [-0.2, -0.15) is 0 Å². The number of hydrogen-bond acceptors (Lipinski definition) is 11. The molecule has 0 bridgehead atoms. The summed E-state index contributed by atoms with van der Waals surface area (Å²) in [7, 11) is 1.74. The molecule has 1 saturated heterocycles. The van der Waals surface area contributed by atoms with Crippen molar-refractivity contribution in [1.82, 2.24) is 5.32 Å². The topological polar surface area (TPSA) is 159 Å². The maximum Gasteiger partial charge on any atom is 0.407 e. The lowest BCUT2D eigenvalue weighted by Gasteiger charge is -2.43. The number of Topliss-reactive ketones (excluding diaryl/α,β-unsaturated/α-hetero) is 1. The van der Waals surface area contributed by atoms with Gasteiger partial charge in [0, 0.05) is 44.0 Å². The van der Waals surface area contributed by atoms with E-state index in [1.807, 2.05) is 69.3 Å². The number of benzene rings is 3. The molecule has 5 unspecified atom stereocenters. The molecule has 13 heteroatoms. The van der Waals surface area contributed by atoms with Crippen LogP contribution in [0.25, 0.3) is 10.8 Å². The zero-order chi connectivity index (χ0) is 42.7. The number of esters is 1. The summed E-state index contributed by atoms with van der Waals surface area (Å²) in [6, 6.07) is 20.2. The van der Waals surface area contributed by atoms with Crippen LogP contribution in [-0.4, -0.2) is 107 Å². The van der Waals surface area contributed by atoms with Gasteiger partial charge in [-0.05, 0) is 99.9 Å². The summed E-state index contributed by atoms with van der Waals surface area (Å²) in [5.74, 6) is -0.273. The van der Waals surface area contributed by atoms with E-state index in [0.717, 1.165) is 35.7 Å². The van der Waals surface area contributed by atoms with Crippen LogP contribution in [-0.2, 0) is 33.2 Å². The van der Waals surface area contributed by atoms with Crippen LogP contribution in [0, 0.1) is 17.8 Å². The average Bonchev–Trinajstić information content (AvgIpc) is 3.18. The number of aliphatic carboxylic acids is 1. The molecule has 1 amide bonds. The van der Waals surface area contributed by atoms with E-state index in [9.17, 15) is 19.2 Å². The molecular weight excluding hydrogens is 744 g/mol. The summed E-state index contributed by atoms with van der Waals surface area (Å²) in [4.78, 5) is 47.5. The number of nitrogens with one attached hydrogen (secondary N) is 1. The fraction of sp³-hybridized carbons (Fsp3) is 0.556. The van der Waals surface area contributed by atoms with E-state index in [4.69, 9.17) is 33.5 Å². The molecule has 3 aromatic carbocycles. The molecule has 0 saturated carbocycles. The number of carbonyl (C=O) groups excluding carboxylic acids is 3. The van der Waals surface area contributed by atoms with Gasteiger partial charge in [0.25, 0.3) is 0 Å². The van der Waals surface area contributed by atoms with Crippen molar-refractivity contribution in [2.75, 3.05) is 64.7 Å².